The fraction of sp³-hybridized carbons (Fsp3) is 0.435. The van der Waals surface area contributed by atoms with Crippen molar-refractivity contribution in [1.82, 2.24) is 10.2 Å². The topological polar surface area (TPSA) is 32.3 Å². The first-order valence-corrected chi connectivity index (χ1v) is 10.3. The fourth-order valence-corrected chi connectivity index (χ4v) is 4.25. The molecule has 0 bridgehead atoms. The summed E-state index contributed by atoms with van der Waals surface area (Å²) in [6.45, 7) is 3.39. The third-order valence-electron chi connectivity index (χ3n) is 5.78. The molecule has 2 fully saturated rings. The molecule has 1 N–H and O–H groups in total. The van der Waals surface area contributed by atoms with Gasteiger partial charge < -0.3 is 5.32 Å². The summed E-state index contributed by atoms with van der Waals surface area (Å²) in [7, 11) is 0. The monoisotopic (exact) mass is 382 g/mol. The Morgan fingerprint density at radius 3 is 2.52 bits per heavy atom. The van der Waals surface area contributed by atoms with Crippen LogP contribution in [0.15, 0.2) is 54.6 Å². The number of benzene rings is 2. The van der Waals surface area contributed by atoms with Crippen LogP contribution in [0, 0.1) is 11.8 Å². The van der Waals surface area contributed by atoms with Gasteiger partial charge in [0.1, 0.15) is 0 Å². The second kappa shape index (κ2) is 8.45. The zero-order valence-electron chi connectivity index (χ0n) is 15.6. The maximum absolute atomic E-state index is 12.8. The van der Waals surface area contributed by atoms with Crippen molar-refractivity contribution in [2.45, 2.75) is 31.7 Å². The molecule has 2 aliphatic rings. The highest BCUT2D eigenvalue weighted by molar-refractivity contribution is 6.31. The van der Waals surface area contributed by atoms with E-state index in [-0.39, 0.29) is 11.8 Å². The largest absolute Gasteiger partial charge is 0.356 e. The van der Waals surface area contributed by atoms with Gasteiger partial charge in [0.05, 0.1) is 5.92 Å². The maximum atomic E-state index is 12.8. The van der Waals surface area contributed by atoms with E-state index in [4.69, 9.17) is 11.6 Å². The second-order valence-corrected chi connectivity index (χ2v) is 8.42. The zero-order chi connectivity index (χ0) is 18.6. The molecule has 0 aromatic heterocycles. The van der Waals surface area contributed by atoms with E-state index in [1.807, 2.05) is 24.3 Å². The highest BCUT2D eigenvalue weighted by atomic mass is 35.5. The van der Waals surface area contributed by atoms with E-state index in [0.717, 1.165) is 43.2 Å². The normalized spacial score (nSPS) is 23.1. The molecular formula is C23H27ClN2O. The van der Waals surface area contributed by atoms with Crippen LogP contribution in [0.3, 0.4) is 0 Å². The molecular weight excluding hydrogens is 356 g/mol. The Morgan fingerprint density at radius 1 is 1.04 bits per heavy atom. The van der Waals surface area contributed by atoms with Crippen LogP contribution in [-0.2, 0) is 11.3 Å². The molecule has 2 aromatic carbocycles. The average Bonchev–Trinajstić information content (AvgIpc) is 3.53. The number of carbonyl (C=O) groups is 1. The number of amides is 1. The summed E-state index contributed by atoms with van der Waals surface area (Å²) in [5.74, 6) is 1.33. The Labute approximate surface area is 166 Å². The SMILES string of the molecule is O=C(NCC1CC1)C1CC(c2ccccc2)CN(Cc2ccccc2Cl)C1. The van der Waals surface area contributed by atoms with Gasteiger partial charge >= 0.3 is 0 Å². The molecule has 2 atom stereocenters. The van der Waals surface area contributed by atoms with Gasteiger partial charge in [0, 0.05) is 31.2 Å². The summed E-state index contributed by atoms with van der Waals surface area (Å²) >= 11 is 6.38. The van der Waals surface area contributed by atoms with Crippen LogP contribution in [-0.4, -0.2) is 30.4 Å². The summed E-state index contributed by atoms with van der Waals surface area (Å²) in [6.07, 6.45) is 3.44. The lowest BCUT2D eigenvalue weighted by molar-refractivity contribution is -0.127. The summed E-state index contributed by atoms with van der Waals surface area (Å²) in [5.41, 5.74) is 2.45. The van der Waals surface area contributed by atoms with Crippen molar-refractivity contribution >= 4 is 17.5 Å². The van der Waals surface area contributed by atoms with Gasteiger partial charge in [-0.3, -0.25) is 9.69 Å². The number of carbonyl (C=O) groups excluding carboxylic acids is 1. The van der Waals surface area contributed by atoms with Gasteiger partial charge in [-0.05, 0) is 48.3 Å². The number of piperidine rings is 1. The summed E-state index contributed by atoms with van der Waals surface area (Å²) < 4.78 is 0. The van der Waals surface area contributed by atoms with Crippen LogP contribution < -0.4 is 5.32 Å². The van der Waals surface area contributed by atoms with Gasteiger partial charge in [0.25, 0.3) is 0 Å². The molecule has 27 heavy (non-hydrogen) atoms. The molecule has 2 aromatic rings. The number of rotatable bonds is 6. The van der Waals surface area contributed by atoms with Crippen LogP contribution in [0.2, 0.25) is 5.02 Å². The van der Waals surface area contributed by atoms with Crippen LogP contribution in [0.5, 0.6) is 0 Å². The van der Waals surface area contributed by atoms with E-state index in [1.165, 1.54) is 18.4 Å². The minimum atomic E-state index is 0.0326. The Morgan fingerprint density at radius 2 is 1.78 bits per heavy atom. The minimum Gasteiger partial charge on any atom is -0.356 e. The smallest absolute Gasteiger partial charge is 0.224 e. The van der Waals surface area contributed by atoms with E-state index < -0.39 is 0 Å². The van der Waals surface area contributed by atoms with E-state index in [9.17, 15) is 4.79 Å². The molecule has 2 unspecified atom stereocenters. The van der Waals surface area contributed by atoms with Crippen LogP contribution >= 0.6 is 11.6 Å². The Bertz CT molecular complexity index is 775. The van der Waals surface area contributed by atoms with Crippen molar-refractivity contribution < 1.29 is 4.79 Å². The van der Waals surface area contributed by atoms with Crippen molar-refractivity contribution in [2.75, 3.05) is 19.6 Å². The standard InChI is InChI=1S/C23H27ClN2O/c24-22-9-5-4-8-19(22)14-26-15-20(18-6-2-1-3-7-18)12-21(16-26)23(27)25-13-17-10-11-17/h1-9,17,20-21H,10-16H2,(H,25,27). The van der Waals surface area contributed by atoms with Gasteiger partial charge in [-0.1, -0.05) is 60.1 Å². The molecule has 1 amide bonds. The van der Waals surface area contributed by atoms with Crippen molar-refractivity contribution in [3.8, 4) is 0 Å². The summed E-state index contributed by atoms with van der Waals surface area (Å²) in [5, 5.41) is 3.99. The van der Waals surface area contributed by atoms with Gasteiger partial charge in [-0.25, -0.2) is 0 Å². The molecule has 0 spiro atoms. The van der Waals surface area contributed by atoms with Gasteiger partial charge in [0.15, 0.2) is 0 Å². The molecule has 142 valence electrons. The Balaban J connectivity index is 1.49. The van der Waals surface area contributed by atoms with Crippen molar-refractivity contribution in [3.05, 3.63) is 70.7 Å². The summed E-state index contributed by atoms with van der Waals surface area (Å²) in [4.78, 5) is 15.2. The van der Waals surface area contributed by atoms with E-state index in [0.29, 0.717) is 11.8 Å². The lowest BCUT2D eigenvalue weighted by atomic mass is 9.84. The number of nitrogens with zero attached hydrogens (tertiary/aromatic N) is 1. The third kappa shape index (κ3) is 4.91. The second-order valence-electron chi connectivity index (χ2n) is 8.01. The summed E-state index contributed by atoms with van der Waals surface area (Å²) in [6, 6.07) is 18.6. The highest BCUT2D eigenvalue weighted by Crippen LogP contribution is 2.32. The quantitative estimate of drug-likeness (QED) is 0.799. The van der Waals surface area contributed by atoms with Crippen LogP contribution in [0.4, 0.5) is 0 Å². The van der Waals surface area contributed by atoms with Crippen LogP contribution in [0.1, 0.15) is 36.3 Å². The number of hydrogen-bond donors (Lipinski definition) is 1. The first kappa shape index (κ1) is 18.5. The molecule has 0 radical (unpaired) electrons. The molecule has 1 aliphatic carbocycles. The molecule has 4 rings (SSSR count). The number of nitrogens with one attached hydrogen (secondary N) is 1. The van der Waals surface area contributed by atoms with Crippen molar-refractivity contribution in [2.24, 2.45) is 11.8 Å². The molecule has 1 saturated carbocycles. The molecule has 3 nitrogen and oxygen atoms in total. The lowest BCUT2D eigenvalue weighted by Gasteiger charge is -2.37. The minimum absolute atomic E-state index is 0.0326. The fourth-order valence-electron chi connectivity index (χ4n) is 4.05. The molecule has 1 heterocycles. The predicted molar refractivity (Wildman–Crippen MR) is 110 cm³/mol. The molecule has 1 saturated heterocycles. The zero-order valence-corrected chi connectivity index (χ0v) is 16.4. The lowest BCUT2D eigenvalue weighted by Crippen LogP contribution is -2.45. The Kier molecular flexibility index (Phi) is 5.80. The first-order valence-electron chi connectivity index (χ1n) is 9.97. The number of hydrogen-bond acceptors (Lipinski definition) is 2. The van der Waals surface area contributed by atoms with E-state index in [2.05, 4.69) is 40.5 Å². The van der Waals surface area contributed by atoms with Gasteiger partial charge in [-0.15, -0.1) is 0 Å². The highest BCUT2D eigenvalue weighted by Gasteiger charge is 2.33. The first-order chi connectivity index (χ1) is 13.2. The molecule has 4 heteroatoms. The Hall–Kier alpha value is -1.84. The van der Waals surface area contributed by atoms with Crippen LogP contribution in [0.25, 0.3) is 0 Å². The average molecular weight is 383 g/mol. The van der Waals surface area contributed by atoms with E-state index >= 15 is 0 Å². The third-order valence-corrected chi connectivity index (χ3v) is 6.15. The number of halogens is 1. The predicted octanol–water partition coefficient (Wildman–Crippen LogP) is 4.47. The van der Waals surface area contributed by atoms with Gasteiger partial charge in [-0.2, -0.15) is 0 Å². The van der Waals surface area contributed by atoms with E-state index in [1.54, 1.807) is 0 Å². The molecule has 1 aliphatic heterocycles. The van der Waals surface area contributed by atoms with Crippen molar-refractivity contribution in [1.29, 1.82) is 0 Å². The van der Waals surface area contributed by atoms with Crippen molar-refractivity contribution in [3.63, 3.8) is 0 Å². The van der Waals surface area contributed by atoms with Gasteiger partial charge in [0.2, 0.25) is 5.91 Å². The maximum Gasteiger partial charge on any atom is 0.224 e. The number of likely N-dealkylation sites (tertiary alicyclic amines) is 1.